The Morgan fingerprint density at radius 1 is 1.27 bits per heavy atom. The van der Waals surface area contributed by atoms with Gasteiger partial charge in [0.1, 0.15) is 5.75 Å². The predicted octanol–water partition coefficient (Wildman–Crippen LogP) is 2.75. The molecular weight excluding hydrogens is 513 g/mol. The Kier molecular flexibility index (Phi) is 9.66. The van der Waals surface area contributed by atoms with Gasteiger partial charge in [-0.15, -0.1) is 24.0 Å². The zero-order valence-corrected chi connectivity index (χ0v) is 19.0. The molecule has 3 N–H and O–H groups in total. The molecule has 1 aliphatic carbocycles. The summed E-state index contributed by atoms with van der Waals surface area (Å²) in [6, 6.07) is 3.34. The Balaban J connectivity index is 0.00000320. The van der Waals surface area contributed by atoms with Crippen molar-refractivity contribution < 1.29 is 27.8 Å². The van der Waals surface area contributed by atoms with Gasteiger partial charge in [0, 0.05) is 37.2 Å². The van der Waals surface area contributed by atoms with Gasteiger partial charge in [0.05, 0.1) is 6.54 Å². The van der Waals surface area contributed by atoms with Crippen molar-refractivity contribution in [2.45, 2.75) is 51.8 Å². The maximum Gasteiger partial charge on any atom is 0.387 e. The molecule has 0 radical (unpaired) electrons. The molecule has 1 aromatic carbocycles. The molecule has 11 heteroatoms. The number of alkyl halides is 2. The second kappa shape index (κ2) is 12.0. The minimum atomic E-state index is -2.95. The summed E-state index contributed by atoms with van der Waals surface area (Å²) in [4.78, 5) is 16.1. The first-order valence-electron chi connectivity index (χ1n) is 9.74. The minimum absolute atomic E-state index is 0. The molecule has 0 aromatic heterocycles. The van der Waals surface area contributed by atoms with Crippen molar-refractivity contribution in [2.24, 2.45) is 4.99 Å². The fraction of sp³-hybridized carbons (Fsp3) is 0.579. The first-order chi connectivity index (χ1) is 14.0. The fourth-order valence-corrected chi connectivity index (χ4v) is 2.78. The number of aliphatic imine (C=N–C) groups is 1. The summed E-state index contributed by atoms with van der Waals surface area (Å²) < 4.78 is 40.6. The molecule has 8 nitrogen and oxygen atoms in total. The van der Waals surface area contributed by atoms with Crippen LogP contribution in [0, 0.1) is 0 Å². The zero-order valence-electron chi connectivity index (χ0n) is 16.7. The van der Waals surface area contributed by atoms with Gasteiger partial charge >= 0.3 is 6.61 Å². The maximum atomic E-state index is 12.7. The van der Waals surface area contributed by atoms with Crippen LogP contribution in [0.4, 0.5) is 8.78 Å². The van der Waals surface area contributed by atoms with Crippen LogP contribution in [0.3, 0.4) is 0 Å². The third-order valence-electron chi connectivity index (χ3n) is 4.34. The summed E-state index contributed by atoms with van der Waals surface area (Å²) in [6.45, 7) is 0.309. The van der Waals surface area contributed by atoms with Crippen LogP contribution in [0.2, 0.25) is 0 Å². The van der Waals surface area contributed by atoms with Crippen LogP contribution in [-0.2, 0) is 11.3 Å². The van der Waals surface area contributed by atoms with E-state index >= 15 is 0 Å². The van der Waals surface area contributed by atoms with E-state index in [-0.39, 0.29) is 49.0 Å². The van der Waals surface area contributed by atoms with Crippen molar-refractivity contribution in [3.63, 3.8) is 0 Å². The van der Waals surface area contributed by atoms with Gasteiger partial charge in [0.2, 0.25) is 12.7 Å². The molecule has 0 saturated heterocycles. The minimum Gasteiger partial charge on any atom is -0.454 e. The Labute approximate surface area is 191 Å². The first-order valence-corrected chi connectivity index (χ1v) is 9.74. The normalized spacial score (nSPS) is 14.9. The number of benzene rings is 1. The Hall–Kier alpha value is -2.05. The second-order valence-corrected chi connectivity index (χ2v) is 6.76. The van der Waals surface area contributed by atoms with Gasteiger partial charge in [-0.05, 0) is 32.3 Å². The van der Waals surface area contributed by atoms with E-state index in [1.54, 1.807) is 6.07 Å². The number of nitrogens with zero attached hydrogens (tertiary/aromatic N) is 1. The van der Waals surface area contributed by atoms with E-state index in [4.69, 9.17) is 9.47 Å². The van der Waals surface area contributed by atoms with Crippen molar-refractivity contribution >= 4 is 35.8 Å². The predicted molar refractivity (Wildman–Crippen MR) is 118 cm³/mol. The molecule has 1 amide bonds. The summed E-state index contributed by atoms with van der Waals surface area (Å²) in [5.74, 6) is 1.42. The lowest BCUT2D eigenvalue weighted by Crippen LogP contribution is -2.38. The monoisotopic (exact) mass is 540 g/mol. The van der Waals surface area contributed by atoms with Crippen molar-refractivity contribution in [1.82, 2.24) is 16.0 Å². The van der Waals surface area contributed by atoms with Crippen molar-refractivity contribution in [2.75, 3.05) is 19.9 Å². The second-order valence-electron chi connectivity index (χ2n) is 6.76. The molecule has 1 aromatic rings. The van der Waals surface area contributed by atoms with Crippen LogP contribution >= 0.6 is 24.0 Å². The highest BCUT2D eigenvalue weighted by atomic mass is 127. The quantitative estimate of drug-likeness (QED) is 0.183. The van der Waals surface area contributed by atoms with E-state index in [2.05, 4.69) is 25.7 Å². The molecular formula is C19H27F2IN4O4. The Bertz CT molecular complexity index is 747. The maximum absolute atomic E-state index is 12.7. The van der Waals surface area contributed by atoms with E-state index in [9.17, 15) is 13.6 Å². The molecule has 0 atom stereocenters. The smallest absolute Gasteiger partial charge is 0.387 e. The summed E-state index contributed by atoms with van der Waals surface area (Å²) in [6.07, 6.45) is 3.24. The number of amides is 1. The lowest BCUT2D eigenvalue weighted by atomic mass is 10.1. The first kappa shape index (κ1) is 24.2. The summed E-state index contributed by atoms with van der Waals surface area (Å²) >= 11 is 0. The fourth-order valence-electron chi connectivity index (χ4n) is 2.78. The lowest BCUT2D eigenvalue weighted by molar-refractivity contribution is -0.121. The van der Waals surface area contributed by atoms with Gasteiger partial charge in [-0.3, -0.25) is 4.79 Å². The van der Waals surface area contributed by atoms with Gasteiger partial charge in [-0.1, -0.05) is 0 Å². The molecule has 1 heterocycles. The summed E-state index contributed by atoms with van der Waals surface area (Å²) in [5, 5.41) is 9.18. The standard InChI is InChI=1S/C19H26F2N4O4.HI/c1-2-22-19(23-7-3-4-17(26)25-13-5-6-13)24-10-12-8-15-16(28-11-27-15)9-14(12)29-18(20)21;/h8-9,13,18H,2-7,10-11H2,1H3,(H,25,26)(H2,22,23,24);1H. The Morgan fingerprint density at radius 2 is 2.00 bits per heavy atom. The van der Waals surface area contributed by atoms with Gasteiger partial charge in [-0.2, -0.15) is 8.78 Å². The molecule has 2 aliphatic rings. The van der Waals surface area contributed by atoms with E-state index in [0.29, 0.717) is 55.0 Å². The number of fused-ring (bicyclic) bond motifs is 1. The van der Waals surface area contributed by atoms with Crippen LogP contribution < -0.4 is 30.2 Å². The average molecular weight is 540 g/mol. The number of hydrogen-bond acceptors (Lipinski definition) is 5. The number of hydrogen-bond donors (Lipinski definition) is 3. The number of guanidine groups is 1. The van der Waals surface area contributed by atoms with E-state index < -0.39 is 6.61 Å². The number of nitrogens with one attached hydrogen (secondary N) is 3. The molecule has 1 fully saturated rings. The number of rotatable bonds is 10. The third kappa shape index (κ3) is 7.65. The van der Waals surface area contributed by atoms with Crippen molar-refractivity contribution in [1.29, 1.82) is 0 Å². The molecule has 1 aliphatic heterocycles. The molecule has 0 unspecified atom stereocenters. The van der Waals surface area contributed by atoms with Crippen LogP contribution in [0.25, 0.3) is 0 Å². The highest BCUT2D eigenvalue weighted by Gasteiger charge is 2.23. The highest BCUT2D eigenvalue weighted by molar-refractivity contribution is 14.0. The molecule has 168 valence electrons. The van der Waals surface area contributed by atoms with Gasteiger partial charge in [0.15, 0.2) is 17.5 Å². The highest BCUT2D eigenvalue weighted by Crippen LogP contribution is 2.39. The van der Waals surface area contributed by atoms with Crippen molar-refractivity contribution in [3.05, 3.63) is 17.7 Å². The lowest BCUT2D eigenvalue weighted by Gasteiger charge is -2.13. The number of halogens is 3. The number of ether oxygens (including phenoxy) is 3. The van der Waals surface area contributed by atoms with Crippen LogP contribution in [0.5, 0.6) is 17.2 Å². The zero-order chi connectivity index (χ0) is 20.6. The van der Waals surface area contributed by atoms with Crippen LogP contribution in [0.1, 0.15) is 38.2 Å². The molecule has 30 heavy (non-hydrogen) atoms. The molecule has 0 bridgehead atoms. The SMILES string of the molecule is CCNC(=NCc1cc2c(cc1OC(F)F)OCO2)NCCCC(=O)NC1CC1.I. The summed E-state index contributed by atoms with van der Waals surface area (Å²) in [5.41, 5.74) is 0.454. The Morgan fingerprint density at radius 3 is 2.67 bits per heavy atom. The van der Waals surface area contributed by atoms with Gasteiger partial charge in [0.25, 0.3) is 0 Å². The van der Waals surface area contributed by atoms with Gasteiger partial charge in [-0.25, -0.2) is 4.99 Å². The van der Waals surface area contributed by atoms with Gasteiger partial charge < -0.3 is 30.2 Å². The molecule has 1 saturated carbocycles. The topological polar surface area (TPSA) is 93.2 Å². The van der Waals surface area contributed by atoms with Crippen LogP contribution in [-0.4, -0.2) is 44.4 Å². The summed E-state index contributed by atoms with van der Waals surface area (Å²) in [7, 11) is 0. The molecule has 3 rings (SSSR count). The van der Waals surface area contributed by atoms with E-state index in [1.807, 2.05) is 6.92 Å². The van der Waals surface area contributed by atoms with E-state index in [1.165, 1.54) is 6.07 Å². The van der Waals surface area contributed by atoms with Crippen LogP contribution in [0.15, 0.2) is 17.1 Å². The van der Waals surface area contributed by atoms with E-state index in [0.717, 1.165) is 12.8 Å². The number of carbonyl (C=O) groups is 1. The largest absolute Gasteiger partial charge is 0.454 e. The third-order valence-corrected chi connectivity index (χ3v) is 4.34. The molecule has 0 spiro atoms. The van der Waals surface area contributed by atoms with Crippen molar-refractivity contribution in [3.8, 4) is 17.2 Å². The average Bonchev–Trinajstić information content (AvgIpc) is 3.37. The number of carbonyl (C=O) groups excluding carboxylic acids is 1.